The monoisotopic (exact) mass is 430 g/mol. The van der Waals surface area contributed by atoms with Crippen molar-refractivity contribution >= 4 is 45.8 Å². The highest BCUT2D eigenvalue weighted by Gasteiger charge is 2.34. The lowest BCUT2D eigenvalue weighted by molar-refractivity contribution is -0.111. The van der Waals surface area contributed by atoms with Crippen molar-refractivity contribution in [1.29, 1.82) is 0 Å². The molecule has 2 aromatic rings. The summed E-state index contributed by atoms with van der Waals surface area (Å²) in [6.45, 7) is 6.82. The average Bonchev–Trinajstić information content (AvgIpc) is 3.03. The molecule has 0 unspecified atom stereocenters. The minimum absolute atomic E-state index is 0.248. The molecule has 29 heavy (non-hydrogen) atoms. The van der Waals surface area contributed by atoms with Crippen molar-refractivity contribution in [3.8, 4) is 0 Å². The summed E-state index contributed by atoms with van der Waals surface area (Å²) in [5.41, 5.74) is 8.24. The van der Waals surface area contributed by atoms with Crippen molar-refractivity contribution in [2.24, 2.45) is 17.1 Å². The first-order valence-electron chi connectivity index (χ1n) is 9.90. The molecule has 0 saturated heterocycles. The Kier molecular flexibility index (Phi) is 6.49. The predicted molar refractivity (Wildman–Crippen MR) is 122 cm³/mol. The van der Waals surface area contributed by atoms with Crippen molar-refractivity contribution in [3.05, 3.63) is 56.9 Å². The number of carbonyl (C=O) groups excluding carboxylic acids is 2. The molecule has 1 aromatic heterocycles. The van der Waals surface area contributed by atoms with Crippen LogP contribution in [-0.4, -0.2) is 11.8 Å². The van der Waals surface area contributed by atoms with E-state index in [-0.39, 0.29) is 11.3 Å². The van der Waals surface area contributed by atoms with Gasteiger partial charge in [-0.1, -0.05) is 50.9 Å². The fourth-order valence-electron chi connectivity index (χ4n) is 3.83. The highest BCUT2D eigenvalue weighted by Crippen LogP contribution is 2.45. The third-order valence-corrected chi connectivity index (χ3v) is 7.45. The second-order valence-electron chi connectivity index (χ2n) is 8.23. The lowest BCUT2D eigenvalue weighted by Crippen LogP contribution is -2.29. The Morgan fingerprint density at radius 2 is 2.14 bits per heavy atom. The van der Waals surface area contributed by atoms with Crippen molar-refractivity contribution in [1.82, 2.24) is 0 Å². The predicted octanol–water partition coefficient (Wildman–Crippen LogP) is 5.69. The minimum atomic E-state index is -0.482. The molecule has 0 aliphatic heterocycles. The fraction of sp³-hybridized carbons (Fsp3) is 0.391. The molecule has 3 rings (SSSR count). The number of hydrogen-bond donors (Lipinski definition) is 2. The maximum absolute atomic E-state index is 12.5. The standard InChI is InChI=1S/C23H27ClN2O2S/c1-4-23(2,3)15-9-10-17-18(13-15)29-22(20(17)21(25)28)26-19(27)11-8-14-6-5-7-16(24)12-14/h5-8,11-12,15H,4,9-10,13H2,1-3H3,(H2,25,28)(H,26,27)/b11-8+/t15-/m1/s1. The van der Waals surface area contributed by atoms with Gasteiger partial charge in [0, 0.05) is 16.0 Å². The average molecular weight is 431 g/mol. The fourth-order valence-corrected chi connectivity index (χ4v) is 5.36. The van der Waals surface area contributed by atoms with E-state index < -0.39 is 5.91 Å². The summed E-state index contributed by atoms with van der Waals surface area (Å²) in [4.78, 5) is 25.8. The first kappa shape index (κ1) is 21.6. The molecule has 0 spiro atoms. The van der Waals surface area contributed by atoms with E-state index >= 15 is 0 Å². The number of benzene rings is 1. The van der Waals surface area contributed by atoms with Gasteiger partial charge in [0.2, 0.25) is 5.91 Å². The van der Waals surface area contributed by atoms with Gasteiger partial charge in [0.15, 0.2) is 0 Å². The summed E-state index contributed by atoms with van der Waals surface area (Å²) < 4.78 is 0. The zero-order valence-corrected chi connectivity index (χ0v) is 18.6. The van der Waals surface area contributed by atoms with Gasteiger partial charge in [-0.3, -0.25) is 9.59 Å². The summed E-state index contributed by atoms with van der Waals surface area (Å²) in [5.74, 6) is -0.216. The Morgan fingerprint density at radius 1 is 1.38 bits per heavy atom. The highest BCUT2D eigenvalue weighted by molar-refractivity contribution is 7.17. The van der Waals surface area contributed by atoms with E-state index in [4.69, 9.17) is 17.3 Å². The number of primary amides is 1. The van der Waals surface area contributed by atoms with Crippen LogP contribution in [0.15, 0.2) is 30.3 Å². The van der Waals surface area contributed by atoms with Crippen molar-refractivity contribution in [3.63, 3.8) is 0 Å². The van der Waals surface area contributed by atoms with Crippen LogP contribution in [0.3, 0.4) is 0 Å². The topological polar surface area (TPSA) is 72.2 Å². The van der Waals surface area contributed by atoms with Crippen LogP contribution < -0.4 is 11.1 Å². The summed E-state index contributed by atoms with van der Waals surface area (Å²) in [5, 5.41) is 4.02. The maximum Gasteiger partial charge on any atom is 0.251 e. The Hall–Kier alpha value is -2.11. The van der Waals surface area contributed by atoms with Gasteiger partial charge in [0.1, 0.15) is 5.00 Å². The van der Waals surface area contributed by atoms with Crippen LogP contribution in [-0.2, 0) is 17.6 Å². The Bertz CT molecular complexity index is 962. The molecular weight excluding hydrogens is 404 g/mol. The second kappa shape index (κ2) is 8.72. The van der Waals surface area contributed by atoms with Gasteiger partial charge < -0.3 is 11.1 Å². The van der Waals surface area contributed by atoms with Gasteiger partial charge in [-0.25, -0.2) is 0 Å². The molecule has 0 bridgehead atoms. The van der Waals surface area contributed by atoms with E-state index in [0.717, 1.165) is 36.8 Å². The Labute approximate surface area is 181 Å². The Balaban J connectivity index is 1.81. The molecular formula is C23H27ClN2O2S. The Morgan fingerprint density at radius 3 is 2.79 bits per heavy atom. The normalized spacial score (nSPS) is 16.6. The van der Waals surface area contributed by atoms with E-state index in [0.29, 0.717) is 21.5 Å². The summed E-state index contributed by atoms with van der Waals surface area (Å²) in [7, 11) is 0. The van der Waals surface area contributed by atoms with Gasteiger partial charge in [0.25, 0.3) is 5.91 Å². The molecule has 154 valence electrons. The third kappa shape index (κ3) is 4.90. The highest BCUT2D eigenvalue weighted by atomic mass is 35.5. The number of nitrogens with two attached hydrogens (primary N) is 1. The molecule has 1 aliphatic carbocycles. The van der Waals surface area contributed by atoms with Crippen molar-refractivity contribution in [2.45, 2.75) is 46.5 Å². The van der Waals surface area contributed by atoms with E-state index in [2.05, 4.69) is 26.1 Å². The number of rotatable bonds is 6. The van der Waals surface area contributed by atoms with E-state index in [1.165, 1.54) is 22.3 Å². The summed E-state index contributed by atoms with van der Waals surface area (Å²) >= 11 is 7.46. The first-order chi connectivity index (χ1) is 13.7. The minimum Gasteiger partial charge on any atom is -0.365 e. The number of fused-ring (bicyclic) bond motifs is 1. The molecule has 4 nitrogen and oxygen atoms in total. The third-order valence-electron chi connectivity index (χ3n) is 6.04. The van der Waals surface area contributed by atoms with Gasteiger partial charge in [-0.2, -0.15) is 0 Å². The number of amides is 2. The summed E-state index contributed by atoms with van der Waals surface area (Å²) in [6, 6.07) is 7.25. The molecule has 3 N–H and O–H groups in total. The molecule has 0 fully saturated rings. The molecule has 1 atom stereocenters. The van der Waals surface area contributed by atoms with Crippen LogP contribution in [0.2, 0.25) is 5.02 Å². The molecule has 1 aliphatic rings. The number of halogens is 1. The number of anilines is 1. The SMILES string of the molecule is CCC(C)(C)[C@@H]1CCc2c(sc(NC(=O)/C=C/c3cccc(Cl)c3)c2C(N)=O)C1. The van der Waals surface area contributed by atoms with Crippen molar-refractivity contribution in [2.75, 3.05) is 5.32 Å². The zero-order valence-electron chi connectivity index (χ0n) is 17.0. The van der Waals surface area contributed by atoms with Crippen LogP contribution in [0.1, 0.15) is 60.0 Å². The van der Waals surface area contributed by atoms with E-state index in [1.54, 1.807) is 18.2 Å². The maximum atomic E-state index is 12.5. The van der Waals surface area contributed by atoms with E-state index in [1.807, 2.05) is 12.1 Å². The van der Waals surface area contributed by atoms with Crippen LogP contribution in [0, 0.1) is 11.3 Å². The molecule has 6 heteroatoms. The number of nitrogens with one attached hydrogen (secondary N) is 1. The van der Waals surface area contributed by atoms with Gasteiger partial charge >= 0.3 is 0 Å². The molecule has 1 heterocycles. The molecule has 2 amide bonds. The smallest absolute Gasteiger partial charge is 0.251 e. The molecule has 1 aromatic carbocycles. The lowest BCUT2D eigenvalue weighted by atomic mass is 9.69. The lowest BCUT2D eigenvalue weighted by Gasteiger charge is -2.36. The number of hydrogen-bond acceptors (Lipinski definition) is 3. The van der Waals surface area contributed by atoms with Crippen LogP contribution >= 0.6 is 22.9 Å². The second-order valence-corrected chi connectivity index (χ2v) is 9.77. The van der Waals surface area contributed by atoms with Crippen LogP contribution in [0.25, 0.3) is 6.08 Å². The van der Waals surface area contributed by atoms with Gasteiger partial charge in [0.05, 0.1) is 5.56 Å². The van der Waals surface area contributed by atoms with E-state index in [9.17, 15) is 9.59 Å². The molecule has 0 radical (unpaired) electrons. The largest absolute Gasteiger partial charge is 0.365 e. The van der Waals surface area contributed by atoms with Crippen LogP contribution in [0.4, 0.5) is 5.00 Å². The van der Waals surface area contributed by atoms with Crippen LogP contribution in [0.5, 0.6) is 0 Å². The first-order valence-corrected chi connectivity index (χ1v) is 11.1. The van der Waals surface area contributed by atoms with Gasteiger partial charge in [-0.05, 0) is 59.9 Å². The molecule has 0 saturated carbocycles. The number of thiophene rings is 1. The quantitative estimate of drug-likeness (QED) is 0.577. The van der Waals surface area contributed by atoms with Crippen molar-refractivity contribution < 1.29 is 9.59 Å². The zero-order chi connectivity index (χ0) is 21.2. The number of carbonyl (C=O) groups is 2. The van der Waals surface area contributed by atoms with Gasteiger partial charge in [-0.15, -0.1) is 11.3 Å². The summed E-state index contributed by atoms with van der Waals surface area (Å²) in [6.07, 6.45) is 7.03.